The minimum Gasteiger partial charge on any atom is -0.822 e. The van der Waals surface area contributed by atoms with Crippen LogP contribution in [0.1, 0.15) is 0 Å². The van der Waals surface area contributed by atoms with Gasteiger partial charge in [0.2, 0.25) is 0 Å². The summed E-state index contributed by atoms with van der Waals surface area (Å²) < 4.78 is 8.55. The topological polar surface area (TPSA) is 86.2 Å². The van der Waals surface area contributed by atoms with Gasteiger partial charge in [0, 0.05) is 0 Å². The SMILES string of the molecule is O=P([O-])([O-])[O-].P.[Ca+2].[Zn+2]. The van der Waals surface area contributed by atoms with Gasteiger partial charge in [-0.3, -0.25) is 0 Å². The fourth-order valence-electron chi connectivity index (χ4n) is 0. The molecule has 0 aliphatic heterocycles. The Labute approximate surface area is 93.1 Å². The smallest absolute Gasteiger partial charge is 0.822 e. The van der Waals surface area contributed by atoms with Gasteiger partial charge < -0.3 is 19.2 Å². The van der Waals surface area contributed by atoms with E-state index < -0.39 is 7.82 Å². The van der Waals surface area contributed by atoms with Gasteiger partial charge in [-0.15, -0.1) is 0 Å². The maximum Gasteiger partial charge on any atom is 2.00 e. The molecule has 1 atom stereocenters. The van der Waals surface area contributed by atoms with Crippen LogP contribution < -0.4 is 14.7 Å². The standard InChI is InChI=1S/Ca.H3O4P.H3P.Zn/c;1-5(2,3)4;;/h;(H3,1,2,3,4);1H3;/q+2;;;+2/p-3. The summed E-state index contributed by atoms with van der Waals surface area (Å²) in [5.41, 5.74) is 0. The van der Waals surface area contributed by atoms with Crippen molar-refractivity contribution >= 4 is 55.5 Å². The average Bonchev–Trinajstić information content (AvgIpc) is 0.722. The zero-order chi connectivity index (χ0) is 4.50. The quantitative estimate of drug-likeness (QED) is 0.327. The molecule has 0 fully saturated rings. The van der Waals surface area contributed by atoms with Gasteiger partial charge in [0.15, 0.2) is 0 Å². The first kappa shape index (κ1) is 22.4. The van der Waals surface area contributed by atoms with E-state index in [1.165, 1.54) is 0 Å². The molecule has 8 heteroatoms. The maximum atomic E-state index is 8.55. The minimum absolute atomic E-state index is 0. The predicted octanol–water partition coefficient (Wildman–Crippen LogP) is -3.15. The summed E-state index contributed by atoms with van der Waals surface area (Å²) in [6.07, 6.45) is 0. The number of hydrogen-bond acceptors (Lipinski definition) is 4. The summed E-state index contributed by atoms with van der Waals surface area (Å²) >= 11 is 0. The molecule has 0 aliphatic carbocycles. The van der Waals surface area contributed by atoms with Crippen LogP contribution in [0.2, 0.25) is 0 Å². The second kappa shape index (κ2) is 9.42. The summed E-state index contributed by atoms with van der Waals surface area (Å²) in [5.74, 6) is 0. The first-order chi connectivity index (χ1) is 2.00. The van der Waals surface area contributed by atoms with E-state index in [-0.39, 0.29) is 67.1 Å². The van der Waals surface area contributed by atoms with Crippen LogP contribution in [-0.4, -0.2) is 37.7 Å². The Kier molecular flexibility index (Phi) is 26.4. The minimum atomic E-state index is -5.39. The van der Waals surface area contributed by atoms with Gasteiger partial charge in [-0.1, -0.05) is 0 Å². The van der Waals surface area contributed by atoms with Crippen LogP contribution in [0.3, 0.4) is 0 Å². The Balaban J connectivity index is -0.0000000267. The van der Waals surface area contributed by atoms with Crippen molar-refractivity contribution in [3.8, 4) is 0 Å². The molecule has 40 valence electrons. The average molecular weight is 234 g/mol. The van der Waals surface area contributed by atoms with Gasteiger partial charge in [0.05, 0.1) is 0 Å². The van der Waals surface area contributed by atoms with Crippen LogP contribution >= 0.6 is 17.7 Å². The van der Waals surface area contributed by atoms with Gasteiger partial charge in [0.1, 0.15) is 0 Å². The van der Waals surface area contributed by atoms with Crippen LogP contribution in [0.5, 0.6) is 0 Å². The zero-order valence-electron chi connectivity index (χ0n) is 4.20. The molecule has 1 unspecified atom stereocenters. The number of hydrogen-bond donors (Lipinski definition) is 0. The van der Waals surface area contributed by atoms with Crippen LogP contribution in [0.25, 0.3) is 0 Å². The van der Waals surface area contributed by atoms with Crippen molar-refractivity contribution in [3.63, 3.8) is 0 Å². The number of phosphoric acid groups is 1. The summed E-state index contributed by atoms with van der Waals surface area (Å²) in [6, 6.07) is 0. The summed E-state index contributed by atoms with van der Waals surface area (Å²) in [5, 5.41) is 0. The van der Waals surface area contributed by atoms with Gasteiger partial charge >= 0.3 is 57.2 Å². The zero-order valence-corrected chi connectivity index (χ0v) is 11.7. The largest absolute Gasteiger partial charge is 2.00 e. The Morgan fingerprint density at radius 1 is 1.12 bits per heavy atom. The molecule has 0 rings (SSSR count). The third-order valence-electron chi connectivity index (χ3n) is 0. The van der Waals surface area contributed by atoms with Crippen LogP contribution in [0.15, 0.2) is 0 Å². The maximum absolute atomic E-state index is 8.55. The van der Waals surface area contributed by atoms with Gasteiger partial charge in [-0.25, -0.2) is 0 Å². The molecule has 4 nitrogen and oxygen atoms in total. The molecule has 0 aromatic heterocycles. The molecule has 0 saturated carbocycles. The van der Waals surface area contributed by atoms with Gasteiger partial charge in [-0.05, 0) is 0 Å². The third kappa shape index (κ3) is 79.0. The Bertz CT molecular complexity index is 60.2. The molecule has 0 amide bonds. The van der Waals surface area contributed by atoms with E-state index in [4.69, 9.17) is 19.2 Å². The molecule has 0 aliphatic rings. The van der Waals surface area contributed by atoms with Crippen molar-refractivity contribution in [1.29, 1.82) is 0 Å². The van der Waals surface area contributed by atoms with E-state index in [2.05, 4.69) is 0 Å². The van der Waals surface area contributed by atoms with Crippen molar-refractivity contribution in [2.75, 3.05) is 0 Å². The monoisotopic (exact) mass is 233 g/mol. The fourth-order valence-corrected chi connectivity index (χ4v) is 0. The second-order valence-corrected chi connectivity index (χ2v) is 1.34. The molecule has 0 N–H and O–H groups in total. The predicted molar refractivity (Wildman–Crippen MR) is 24.5 cm³/mol. The van der Waals surface area contributed by atoms with Crippen LogP contribution in [0, 0.1) is 0 Å². The van der Waals surface area contributed by atoms with Crippen molar-refractivity contribution in [2.45, 2.75) is 0 Å². The van der Waals surface area contributed by atoms with Crippen molar-refractivity contribution in [3.05, 3.63) is 0 Å². The molecule has 0 aromatic carbocycles. The molecule has 0 heterocycles. The van der Waals surface area contributed by atoms with E-state index in [0.29, 0.717) is 0 Å². The van der Waals surface area contributed by atoms with E-state index in [1.807, 2.05) is 0 Å². The molecule has 0 saturated heterocycles. The molecule has 0 aromatic rings. The Hall–Kier alpha value is 2.42. The first-order valence-corrected chi connectivity index (χ1v) is 2.19. The van der Waals surface area contributed by atoms with Gasteiger partial charge in [-0.2, -0.15) is 17.7 Å². The summed E-state index contributed by atoms with van der Waals surface area (Å²) in [7, 11) is -5.39. The van der Waals surface area contributed by atoms with Crippen LogP contribution in [-0.2, 0) is 24.0 Å². The van der Waals surface area contributed by atoms with Crippen LogP contribution in [0.4, 0.5) is 0 Å². The number of rotatable bonds is 0. The fraction of sp³-hybridized carbons (Fsp3) is 0. The van der Waals surface area contributed by atoms with Crippen molar-refractivity contribution in [2.24, 2.45) is 0 Å². The molecule has 0 spiro atoms. The second-order valence-electron chi connectivity index (χ2n) is 0.447. The van der Waals surface area contributed by atoms with Crippen molar-refractivity contribution in [1.82, 2.24) is 0 Å². The molecule has 0 radical (unpaired) electrons. The third-order valence-corrected chi connectivity index (χ3v) is 0. The molecule has 8 heavy (non-hydrogen) atoms. The Morgan fingerprint density at radius 3 is 1.12 bits per heavy atom. The molecule has 0 bridgehead atoms. The Morgan fingerprint density at radius 2 is 1.12 bits per heavy atom. The summed E-state index contributed by atoms with van der Waals surface area (Å²) in [6.45, 7) is 0. The summed E-state index contributed by atoms with van der Waals surface area (Å²) in [4.78, 5) is 25.6. The van der Waals surface area contributed by atoms with E-state index in [9.17, 15) is 0 Å². The van der Waals surface area contributed by atoms with E-state index >= 15 is 0 Å². The molecular weight excluding hydrogens is 231 g/mol. The van der Waals surface area contributed by atoms with E-state index in [1.54, 1.807) is 0 Å². The molecular formula is H3CaO4P2Zn+. The normalized spacial score (nSPS) is 7.38. The van der Waals surface area contributed by atoms with Gasteiger partial charge in [0.25, 0.3) is 0 Å². The first-order valence-electron chi connectivity index (χ1n) is 0.730. The van der Waals surface area contributed by atoms with Crippen molar-refractivity contribution < 1.29 is 38.7 Å². The van der Waals surface area contributed by atoms with E-state index in [0.717, 1.165) is 0 Å².